The van der Waals surface area contributed by atoms with Crippen molar-refractivity contribution in [2.45, 2.75) is 155 Å². The van der Waals surface area contributed by atoms with E-state index in [0.29, 0.717) is 12.8 Å². The Balaban J connectivity index is -0.00000392. The molecule has 0 amide bonds. The van der Waals surface area contributed by atoms with Crippen molar-refractivity contribution in [1.82, 2.24) is 0 Å². The van der Waals surface area contributed by atoms with Crippen LogP contribution in [0.15, 0.2) is 0 Å². The van der Waals surface area contributed by atoms with Crippen LogP contribution in [0.3, 0.4) is 0 Å². The molecule has 0 saturated carbocycles. The van der Waals surface area contributed by atoms with Gasteiger partial charge in [0.2, 0.25) is 0 Å². The Morgan fingerprint density at radius 1 is 0.419 bits per heavy atom. The second-order valence-corrected chi connectivity index (χ2v) is 8.71. The molecule has 0 aromatic heterocycles. The molecule has 0 aromatic rings. The number of rotatable bonds is 22. The van der Waals surface area contributed by atoms with E-state index < -0.39 is 0 Å². The van der Waals surface area contributed by atoms with Crippen LogP contribution in [-0.2, 0) is 14.3 Å². The second kappa shape index (κ2) is 31.1. The van der Waals surface area contributed by atoms with E-state index in [9.17, 15) is 9.59 Å². The van der Waals surface area contributed by atoms with Crippen molar-refractivity contribution in [3.05, 3.63) is 0 Å². The molecule has 0 atom stereocenters. The molecule has 0 aliphatic rings. The topological polar surface area (TPSA) is 43.4 Å². The summed E-state index contributed by atoms with van der Waals surface area (Å²) in [6.07, 6.45) is 25.9. The third-order valence-corrected chi connectivity index (χ3v) is 5.70. The summed E-state index contributed by atoms with van der Waals surface area (Å²) >= 11 is 0. The van der Waals surface area contributed by atoms with Crippen LogP contribution in [-0.4, -0.2) is 71.1 Å². The summed E-state index contributed by atoms with van der Waals surface area (Å²) in [5.41, 5.74) is 0. The molecule has 0 saturated heterocycles. The first-order valence-electron chi connectivity index (χ1n) is 12.9. The van der Waals surface area contributed by atoms with Gasteiger partial charge in [-0.3, -0.25) is 9.59 Å². The fourth-order valence-electron chi connectivity index (χ4n) is 3.74. The molecule has 0 heterocycles. The van der Waals surface area contributed by atoms with Gasteiger partial charge in [-0.2, -0.15) is 0 Å². The molecule has 3 nitrogen and oxygen atoms in total. The molecule has 5 heteroatoms. The predicted molar refractivity (Wildman–Crippen MR) is 138 cm³/mol. The third-order valence-electron chi connectivity index (χ3n) is 5.70. The number of esters is 2. The van der Waals surface area contributed by atoms with E-state index in [-0.39, 0.29) is 71.1 Å². The Labute approximate surface area is 238 Å². The summed E-state index contributed by atoms with van der Waals surface area (Å²) < 4.78 is 4.90. The van der Waals surface area contributed by atoms with Crippen LogP contribution >= 0.6 is 0 Å². The van der Waals surface area contributed by atoms with Gasteiger partial charge >= 0.3 is 71.1 Å². The Bertz CT molecular complexity index is 376. The Hall–Kier alpha value is 1.14. The molecular formula is C26H52Na2O3. The molecule has 0 unspecified atom stereocenters. The molecular weight excluding hydrogens is 406 g/mol. The van der Waals surface area contributed by atoms with Gasteiger partial charge in [0.25, 0.3) is 0 Å². The van der Waals surface area contributed by atoms with E-state index in [1.54, 1.807) is 0 Å². The summed E-state index contributed by atoms with van der Waals surface area (Å²) in [5.74, 6) is -0.675. The number of unbranched alkanes of at least 4 members (excludes halogenated alkanes) is 18. The monoisotopic (exact) mass is 458 g/mol. The molecule has 0 aliphatic heterocycles. The zero-order chi connectivity index (χ0) is 21.4. The zero-order valence-electron chi connectivity index (χ0n) is 19.8. The van der Waals surface area contributed by atoms with E-state index in [1.807, 2.05) is 0 Å². The fourth-order valence-corrected chi connectivity index (χ4v) is 3.74. The molecule has 0 N–H and O–H groups in total. The Morgan fingerprint density at radius 2 is 0.645 bits per heavy atom. The molecule has 0 fully saturated rings. The van der Waals surface area contributed by atoms with Crippen LogP contribution in [0, 0.1) is 0 Å². The van der Waals surface area contributed by atoms with Crippen LogP contribution in [0.1, 0.15) is 155 Å². The molecule has 31 heavy (non-hydrogen) atoms. The fraction of sp³-hybridized carbons (Fsp3) is 0.923. The van der Waals surface area contributed by atoms with Crippen molar-refractivity contribution in [2.24, 2.45) is 0 Å². The van der Waals surface area contributed by atoms with Gasteiger partial charge in [0.15, 0.2) is 0 Å². The van der Waals surface area contributed by atoms with Crippen LogP contribution in [0.25, 0.3) is 0 Å². The predicted octanol–water partition coefficient (Wildman–Crippen LogP) is 7.38. The van der Waals surface area contributed by atoms with Crippen LogP contribution in [0.4, 0.5) is 0 Å². The Morgan fingerprint density at radius 3 is 0.903 bits per heavy atom. The maximum absolute atomic E-state index is 11.7. The van der Waals surface area contributed by atoms with Gasteiger partial charge in [0.1, 0.15) is 0 Å². The van der Waals surface area contributed by atoms with E-state index in [1.165, 1.54) is 96.3 Å². The van der Waals surface area contributed by atoms with E-state index >= 15 is 0 Å². The average Bonchev–Trinajstić information content (AvgIpc) is 2.70. The Kier molecular flexibility index (Phi) is 36.9. The van der Waals surface area contributed by atoms with Crippen molar-refractivity contribution in [3.63, 3.8) is 0 Å². The number of carbonyl (C=O) groups excluding carboxylic acids is 2. The van der Waals surface area contributed by atoms with E-state index in [4.69, 9.17) is 4.74 Å². The van der Waals surface area contributed by atoms with Gasteiger partial charge in [-0.15, -0.1) is 0 Å². The third kappa shape index (κ3) is 31.1. The van der Waals surface area contributed by atoms with Crippen LogP contribution < -0.4 is 0 Å². The summed E-state index contributed by atoms with van der Waals surface area (Å²) in [4.78, 5) is 23.3. The number of hydrogen-bond acceptors (Lipinski definition) is 3. The van der Waals surface area contributed by atoms with Gasteiger partial charge < -0.3 is 4.74 Å². The van der Waals surface area contributed by atoms with Gasteiger partial charge in [-0.1, -0.05) is 129 Å². The van der Waals surface area contributed by atoms with E-state index in [0.717, 1.165) is 32.1 Å². The zero-order valence-corrected chi connectivity index (χ0v) is 19.8. The summed E-state index contributed by atoms with van der Waals surface area (Å²) in [7, 11) is 0. The first-order chi connectivity index (χ1) is 14.2. The van der Waals surface area contributed by atoms with Crippen molar-refractivity contribution in [2.75, 3.05) is 0 Å². The molecule has 176 valence electrons. The standard InChI is InChI=1S/C26H50O3.2Na.2H/c1-3-5-7-9-10-11-12-13-14-15-16-17-18-20-22-24-26(28)29-25(27)23-21-19-8-6-4-2;;;;/h3-24H2,1-2H3;;;;. The molecule has 0 aliphatic carbocycles. The van der Waals surface area contributed by atoms with Crippen LogP contribution in [0.5, 0.6) is 0 Å². The van der Waals surface area contributed by atoms with Gasteiger partial charge in [0, 0.05) is 12.8 Å². The summed E-state index contributed by atoms with van der Waals surface area (Å²) in [5, 5.41) is 0. The van der Waals surface area contributed by atoms with Crippen molar-refractivity contribution in [1.29, 1.82) is 0 Å². The summed E-state index contributed by atoms with van der Waals surface area (Å²) in [6.45, 7) is 4.44. The SMILES string of the molecule is CCCCCCCCCCCCCCCCCC(=O)OC(=O)CCCCCCC.[NaH].[NaH]. The van der Waals surface area contributed by atoms with Crippen molar-refractivity contribution < 1.29 is 14.3 Å². The molecule has 0 aromatic carbocycles. The van der Waals surface area contributed by atoms with Crippen molar-refractivity contribution >= 4 is 71.1 Å². The first-order valence-corrected chi connectivity index (χ1v) is 12.9. The first kappa shape index (κ1) is 36.7. The van der Waals surface area contributed by atoms with Crippen molar-refractivity contribution in [3.8, 4) is 0 Å². The second-order valence-electron chi connectivity index (χ2n) is 8.71. The molecule has 0 spiro atoms. The normalized spacial score (nSPS) is 10.3. The maximum atomic E-state index is 11.7. The molecule has 0 rings (SSSR count). The number of carbonyl (C=O) groups is 2. The number of ether oxygens (including phenoxy) is 1. The van der Waals surface area contributed by atoms with E-state index in [2.05, 4.69) is 13.8 Å². The minimum absolute atomic E-state index is 0. The number of hydrogen-bond donors (Lipinski definition) is 0. The average molecular weight is 459 g/mol. The van der Waals surface area contributed by atoms with Crippen LogP contribution in [0.2, 0.25) is 0 Å². The van der Waals surface area contributed by atoms with Gasteiger partial charge in [0.05, 0.1) is 0 Å². The summed E-state index contributed by atoms with van der Waals surface area (Å²) in [6, 6.07) is 0. The van der Waals surface area contributed by atoms with Gasteiger partial charge in [-0.25, -0.2) is 0 Å². The minimum atomic E-state index is -0.340. The van der Waals surface area contributed by atoms with Gasteiger partial charge in [-0.05, 0) is 12.8 Å². The molecule has 0 bridgehead atoms. The quantitative estimate of drug-likeness (QED) is 0.0735. The molecule has 0 radical (unpaired) electrons.